The first-order valence-corrected chi connectivity index (χ1v) is 10.5. The lowest BCUT2D eigenvalue weighted by molar-refractivity contribution is 0.0601. The molecule has 2 aromatic heterocycles. The van der Waals surface area contributed by atoms with Crippen LogP contribution in [0.3, 0.4) is 0 Å². The van der Waals surface area contributed by atoms with Crippen LogP contribution in [-0.2, 0) is 16.1 Å². The summed E-state index contributed by atoms with van der Waals surface area (Å²) in [5, 5.41) is 2.79. The van der Waals surface area contributed by atoms with Gasteiger partial charge in [0, 0.05) is 0 Å². The van der Waals surface area contributed by atoms with Crippen molar-refractivity contribution in [3.05, 3.63) is 69.0 Å². The number of anilines is 1. The average molecular weight is 458 g/mol. The van der Waals surface area contributed by atoms with E-state index >= 15 is 0 Å². The Morgan fingerprint density at radius 3 is 2.34 bits per heavy atom. The first kappa shape index (κ1) is 23.1. The lowest BCUT2D eigenvalue weighted by Crippen LogP contribution is -2.13. The smallest absolute Gasteiger partial charge is 0.348 e. The number of hydrogen-bond acceptors (Lipinski definition) is 8. The number of esters is 2. The van der Waals surface area contributed by atoms with Crippen molar-refractivity contribution in [1.82, 2.24) is 0 Å². The second kappa shape index (κ2) is 9.69. The number of nitrogens with one attached hydrogen (secondary N) is 1. The molecule has 0 aliphatic heterocycles. The van der Waals surface area contributed by atoms with Crippen LogP contribution in [0.15, 0.2) is 34.7 Å². The van der Waals surface area contributed by atoms with Gasteiger partial charge in [-0.25, -0.2) is 9.59 Å². The molecule has 0 aliphatic carbocycles. The lowest BCUT2D eigenvalue weighted by atomic mass is 10.1. The fraction of sp³-hybridized carbons (Fsp3) is 0.261. The summed E-state index contributed by atoms with van der Waals surface area (Å²) in [6, 6.07) is 8.91. The maximum atomic E-state index is 12.7. The molecule has 0 spiro atoms. The molecule has 0 aliphatic rings. The van der Waals surface area contributed by atoms with Crippen LogP contribution in [0.5, 0.6) is 5.75 Å². The van der Waals surface area contributed by atoms with Crippen molar-refractivity contribution in [3.8, 4) is 5.75 Å². The molecule has 9 heteroatoms. The van der Waals surface area contributed by atoms with E-state index in [1.165, 1.54) is 25.8 Å². The van der Waals surface area contributed by atoms with E-state index in [1.54, 1.807) is 13.0 Å². The first-order valence-electron chi connectivity index (χ1n) is 9.65. The molecule has 32 heavy (non-hydrogen) atoms. The van der Waals surface area contributed by atoms with Crippen LogP contribution in [-0.4, -0.2) is 32.1 Å². The third kappa shape index (κ3) is 4.83. The predicted octanol–water partition coefficient (Wildman–Crippen LogP) is 4.67. The standard InChI is InChI=1S/C23H23NO7S/c1-12-6-7-15(10-13(12)2)30-11-16-8-9-17(31-16)20(25)24-21-18(22(26)28-4)14(3)19(32-21)23(27)29-5/h6-10H,11H2,1-5H3,(H,24,25). The van der Waals surface area contributed by atoms with Gasteiger partial charge in [-0.3, -0.25) is 4.79 Å². The lowest BCUT2D eigenvalue weighted by Gasteiger charge is -2.07. The van der Waals surface area contributed by atoms with Gasteiger partial charge in [-0.15, -0.1) is 11.3 Å². The van der Waals surface area contributed by atoms with Gasteiger partial charge in [0.2, 0.25) is 0 Å². The summed E-state index contributed by atoms with van der Waals surface area (Å²) in [4.78, 5) is 37.1. The minimum atomic E-state index is -0.675. The fourth-order valence-corrected chi connectivity index (χ4v) is 4.05. The van der Waals surface area contributed by atoms with Crippen LogP contribution in [0.4, 0.5) is 5.00 Å². The van der Waals surface area contributed by atoms with Crippen LogP contribution < -0.4 is 10.1 Å². The Morgan fingerprint density at radius 2 is 1.69 bits per heavy atom. The van der Waals surface area contributed by atoms with E-state index < -0.39 is 17.8 Å². The third-order valence-corrected chi connectivity index (χ3v) is 6.07. The summed E-state index contributed by atoms with van der Waals surface area (Å²) in [6.07, 6.45) is 0. The van der Waals surface area contributed by atoms with E-state index in [0.717, 1.165) is 16.9 Å². The van der Waals surface area contributed by atoms with Gasteiger partial charge in [-0.05, 0) is 61.7 Å². The summed E-state index contributed by atoms with van der Waals surface area (Å²) in [7, 11) is 2.46. The number of carbonyl (C=O) groups excluding carboxylic acids is 3. The highest BCUT2D eigenvalue weighted by molar-refractivity contribution is 7.18. The molecule has 0 saturated heterocycles. The minimum Gasteiger partial charge on any atom is -0.486 e. The molecule has 168 valence electrons. The molecule has 0 saturated carbocycles. The van der Waals surface area contributed by atoms with Gasteiger partial charge < -0.3 is 23.9 Å². The average Bonchev–Trinajstić information content (AvgIpc) is 3.38. The molecule has 3 aromatic rings. The van der Waals surface area contributed by atoms with Crippen molar-refractivity contribution in [2.24, 2.45) is 0 Å². The van der Waals surface area contributed by atoms with Crippen molar-refractivity contribution >= 4 is 34.2 Å². The minimum absolute atomic E-state index is 0.0326. The Morgan fingerprint density at radius 1 is 0.969 bits per heavy atom. The summed E-state index contributed by atoms with van der Waals surface area (Å²) in [6.45, 7) is 5.75. The van der Waals surface area contributed by atoms with Crippen LogP contribution in [0.2, 0.25) is 0 Å². The number of methoxy groups -OCH3 is 2. The topological polar surface area (TPSA) is 104 Å². The number of thiophene rings is 1. The van der Waals surface area contributed by atoms with E-state index in [4.69, 9.17) is 18.6 Å². The molecule has 1 amide bonds. The number of furan rings is 1. The van der Waals surface area contributed by atoms with Crippen LogP contribution in [0, 0.1) is 20.8 Å². The summed E-state index contributed by atoms with van der Waals surface area (Å²) < 4.78 is 20.8. The van der Waals surface area contributed by atoms with Crippen LogP contribution in [0.1, 0.15) is 53.0 Å². The monoisotopic (exact) mass is 457 g/mol. The molecule has 2 heterocycles. The van der Waals surface area contributed by atoms with E-state index in [-0.39, 0.29) is 27.8 Å². The summed E-state index contributed by atoms with van der Waals surface area (Å²) >= 11 is 0.929. The molecule has 0 fully saturated rings. The molecule has 0 bridgehead atoms. The second-order valence-corrected chi connectivity index (χ2v) is 8.02. The Hall–Kier alpha value is -3.59. The van der Waals surface area contributed by atoms with Crippen LogP contribution >= 0.6 is 11.3 Å². The van der Waals surface area contributed by atoms with Gasteiger partial charge in [-0.2, -0.15) is 0 Å². The Balaban J connectivity index is 1.75. The van der Waals surface area contributed by atoms with Gasteiger partial charge in [0.25, 0.3) is 5.91 Å². The highest BCUT2D eigenvalue weighted by atomic mass is 32.1. The van der Waals surface area contributed by atoms with Gasteiger partial charge in [0.05, 0.1) is 19.8 Å². The largest absolute Gasteiger partial charge is 0.486 e. The van der Waals surface area contributed by atoms with E-state index in [0.29, 0.717) is 17.1 Å². The summed E-state index contributed by atoms with van der Waals surface area (Å²) in [5.41, 5.74) is 2.74. The predicted molar refractivity (Wildman–Crippen MR) is 119 cm³/mol. The molecule has 1 aromatic carbocycles. The van der Waals surface area contributed by atoms with Crippen molar-refractivity contribution in [1.29, 1.82) is 0 Å². The molecular formula is C23H23NO7S. The molecule has 1 N–H and O–H groups in total. The third-order valence-electron chi connectivity index (χ3n) is 4.88. The number of rotatable bonds is 7. The number of ether oxygens (including phenoxy) is 3. The van der Waals surface area contributed by atoms with Gasteiger partial charge in [0.15, 0.2) is 5.76 Å². The number of amides is 1. The SMILES string of the molecule is COC(=O)c1sc(NC(=O)c2ccc(COc3ccc(C)c(C)c3)o2)c(C(=O)OC)c1C. The Bertz CT molecular complexity index is 1180. The highest BCUT2D eigenvalue weighted by Gasteiger charge is 2.27. The zero-order valence-corrected chi connectivity index (χ0v) is 19.2. The van der Waals surface area contributed by atoms with E-state index in [9.17, 15) is 14.4 Å². The number of hydrogen-bond donors (Lipinski definition) is 1. The van der Waals surface area contributed by atoms with Gasteiger partial charge in [-0.1, -0.05) is 6.07 Å². The van der Waals surface area contributed by atoms with Gasteiger partial charge in [0.1, 0.15) is 28.0 Å². The first-order chi connectivity index (χ1) is 15.2. The Kier molecular flexibility index (Phi) is 6.99. The van der Waals surface area contributed by atoms with Gasteiger partial charge >= 0.3 is 11.9 Å². The zero-order chi connectivity index (χ0) is 23.4. The number of benzene rings is 1. The maximum absolute atomic E-state index is 12.7. The normalized spacial score (nSPS) is 10.5. The molecule has 0 atom stereocenters. The molecule has 0 unspecified atom stereocenters. The fourth-order valence-electron chi connectivity index (χ4n) is 2.94. The highest BCUT2D eigenvalue weighted by Crippen LogP contribution is 2.34. The zero-order valence-electron chi connectivity index (χ0n) is 18.4. The van der Waals surface area contributed by atoms with E-state index in [2.05, 4.69) is 5.32 Å². The second-order valence-electron chi connectivity index (χ2n) is 7.00. The van der Waals surface area contributed by atoms with Crippen molar-refractivity contribution < 1.29 is 33.0 Å². The van der Waals surface area contributed by atoms with Crippen LogP contribution in [0.25, 0.3) is 0 Å². The number of carbonyl (C=O) groups is 3. The summed E-state index contributed by atoms with van der Waals surface area (Å²) in [5.74, 6) is -0.676. The number of aryl methyl sites for hydroxylation is 2. The molecule has 0 radical (unpaired) electrons. The maximum Gasteiger partial charge on any atom is 0.348 e. The molecular weight excluding hydrogens is 434 g/mol. The van der Waals surface area contributed by atoms with Crippen molar-refractivity contribution in [3.63, 3.8) is 0 Å². The molecule has 8 nitrogen and oxygen atoms in total. The van der Waals surface area contributed by atoms with Crippen molar-refractivity contribution in [2.75, 3.05) is 19.5 Å². The quantitative estimate of drug-likeness (QED) is 0.514. The Labute approximate surface area is 189 Å². The molecule has 3 rings (SSSR count). The van der Waals surface area contributed by atoms with Crippen molar-refractivity contribution in [2.45, 2.75) is 27.4 Å². The van der Waals surface area contributed by atoms with E-state index in [1.807, 2.05) is 32.0 Å².